The summed E-state index contributed by atoms with van der Waals surface area (Å²) in [6, 6.07) is 3.23. The number of nitrogens with zero attached hydrogens (tertiary/aromatic N) is 4. The van der Waals surface area contributed by atoms with E-state index in [1.165, 1.54) is 18.6 Å². The van der Waals surface area contributed by atoms with Gasteiger partial charge in [0.2, 0.25) is 11.8 Å². The molecule has 3 fully saturated rings. The molecule has 2 saturated heterocycles. The van der Waals surface area contributed by atoms with Gasteiger partial charge < -0.3 is 19.1 Å². The van der Waals surface area contributed by atoms with Crippen LogP contribution in [-0.4, -0.2) is 63.9 Å². The lowest BCUT2D eigenvalue weighted by molar-refractivity contribution is 0.0206. The third-order valence-electron chi connectivity index (χ3n) is 6.69. The molecule has 11 heteroatoms. The summed E-state index contributed by atoms with van der Waals surface area (Å²) in [6.45, 7) is 5.52. The Morgan fingerprint density at radius 1 is 1.03 bits per heavy atom. The number of hydrogen-bond donors (Lipinski definition) is 0. The zero-order chi connectivity index (χ0) is 24.7. The Hall–Kier alpha value is -2.95. The first-order valence-corrected chi connectivity index (χ1v) is 13.6. The number of piperidine rings is 1. The van der Waals surface area contributed by atoms with Gasteiger partial charge in [-0.15, -0.1) is 0 Å². The van der Waals surface area contributed by atoms with Crippen molar-refractivity contribution in [2.24, 2.45) is 0 Å². The molecule has 2 unspecified atom stereocenters. The van der Waals surface area contributed by atoms with E-state index in [4.69, 9.17) is 14.2 Å². The van der Waals surface area contributed by atoms with Crippen LogP contribution in [0.5, 0.6) is 17.5 Å². The van der Waals surface area contributed by atoms with Gasteiger partial charge in [-0.25, -0.2) is 28.2 Å². The second kappa shape index (κ2) is 9.25. The monoisotopic (exact) mass is 502 g/mol. The molecular formula is C24H30N4O6S. The second-order valence-corrected chi connectivity index (χ2v) is 11.9. The Bertz CT molecular complexity index is 1180. The molecule has 2 aromatic rings. The summed E-state index contributed by atoms with van der Waals surface area (Å²) >= 11 is 0. The van der Waals surface area contributed by atoms with E-state index < -0.39 is 9.84 Å². The minimum atomic E-state index is -3.35. The molecule has 1 saturated carbocycles. The zero-order valence-electron chi connectivity index (χ0n) is 20.1. The number of sulfone groups is 1. The standard InChI is InChI=1S/C24H30N4O6S/c1-14(2)32-24(29)28-16-4-5-17(28)11-19(10-16)34-23-15(3)22(26-13-27-23)33-18-6-9-21(25-12-18)35(30,31)20-7-8-20/h6,9,12-14,16-17,19-20H,4-5,7-8,10-11H2,1-3H3/t16-,17?,19?/m0/s1. The van der Waals surface area contributed by atoms with Crippen LogP contribution in [0, 0.1) is 6.92 Å². The van der Waals surface area contributed by atoms with Crippen LogP contribution in [0.3, 0.4) is 0 Å². The van der Waals surface area contributed by atoms with E-state index in [2.05, 4.69) is 15.0 Å². The van der Waals surface area contributed by atoms with Gasteiger partial charge in [0, 0.05) is 24.9 Å². The first-order chi connectivity index (χ1) is 16.7. The molecule has 4 heterocycles. The number of pyridine rings is 1. The van der Waals surface area contributed by atoms with E-state index in [9.17, 15) is 13.2 Å². The van der Waals surface area contributed by atoms with Crippen molar-refractivity contribution < 1.29 is 27.4 Å². The summed E-state index contributed by atoms with van der Waals surface area (Å²) in [5, 5.41) is -0.248. The molecule has 2 bridgehead atoms. The molecular weight excluding hydrogens is 472 g/mol. The van der Waals surface area contributed by atoms with Gasteiger partial charge in [-0.3, -0.25) is 0 Å². The lowest BCUT2D eigenvalue weighted by Crippen LogP contribution is -2.50. The van der Waals surface area contributed by atoms with Gasteiger partial charge in [0.1, 0.15) is 18.2 Å². The van der Waals surface area contributed by atoms with Crippen LogP contribution in [0.4, 0.5) is 4.79 Å². The van der Waals surface area contributed by atoms with Gasteiger partial charge in [0.05, 0.1) is 23.1 Å². The van der Waals surface area contributed by atoms with Crippen LogP contribution < -0.4 is 9.47 Å². The number of carbonyl (C=O) groups excluding carboxylic acids is 1. The maximum absolute atomic E-state index is 12.5. The summed E-state index contributed by atoms with van der Waals surface area (Å²) in [7, 11) is -3.35. The fourth-order valence-corrected chi connectivity index (χ4v) is 6.39. The van der Waals surface area contributed by atoms with E-state index in [1.54, 1.807) is 6.07 Å². The largest absolute Gasteiger partial charge is 0.474 e. The third-order valence-corrected chi connectivity index (χ3v) is 8.86. The first-order valence-electron chi connectivity index (χ1n) is 12.1. The molecule has 1 amide bonds. The van der Waals surface area contributed by atoms with E-state index in [1.807, 2.05) is 25.7 Å². The molecule has 35 heavy (non-hydrogen) atoms. The molecule has 3 atom stereocenters. The van der Waals surface area contributed by atoms with Crippen molar-refractivity contribution in [3.63, 3.8) is 0 Å². The average Bonchev–Trinajstić information content (AvgIpc) is 3.62. The van der Waals surface area contributed by atoms with Crippen LogP contribution in [0.1, 0.15) is 57.9 Å². The molecule has 2 aromatic heterocycles. The number of carbonyl (C=O) groups is 1. The van der Waals surface area contributed by atoms with Crippen LogP contribution in [0.15, 0.2) is 29.7 Å². The Morgan fingerprint density at radius 3 is 2.31 bits per heavy atom. The average molecular weight is 503 g/mol. The van der Waals surface area contributed by atoms with Crippen molar-refractivity contribution >= 4 is 15.9 Å². The van der Waals surface area contributed by atoms with Gasteiger partial charge in [-0.1, -0.05) is 0 Å². The smallest absolute Gasteiger partial charge is 0.410 e. The van der Waals surface area contributed by atoms with Crippen LogP contribution >= 0.6 is 0 Å². The van der Waals surface area contributed by atoms with Crippen LogP contribution in [0.2, 0.25) is 0 Å². The summed E-state index contributed by atoms with van der Waals surface area (Å²) in [4.78, 5) is 27.0. The maximum atomic E-state index is 12.5. The highest BCUT2D eigenvalue weighted by molar-refractivity contribution is 7.92. The summed E-state index contributed by atoms with van der Waals surface area (Å²) < 4.78 is 42.2. The molecule has 2 aliphatic heterocycles. The normalized spacial score (nSPS) is 23.9. The topological polar surface area (TPSA) is 121 Å². The quantitative estimate of drug-likeness (QED) is 0.556. The van der Waals surface area contributed by atoms with E-state index in [0.717, 1.165) is 12.8 Å². The summed E-state index contributed by atoms with van der Waals surface area (Å²) in [5.41, 5.74) is 0.635. The van der Waals surface area contributed by atoms with Crippen LogP contribution in [0.25, 0.3) is 0 Å². The Morgan fingerprint density at radius 2 is 1.71 bits per heavy atom. The predicted octanol–water partition coefficient (Wildman–Crippen LogP) is 3.83. The Kier molecular flexibility index (Phi) is 6.29. The highest BCUT2D eigenvalue weighted by Gasteiger charge is 2.45. The van der Waals surface area contributed by atoms with Gasteiger partial charge >= 0.3 is 6.09 Å². The van der Waals surface area contributed by atoms with Crippen LogP contribution in [-0.2, 0) is 14.6 Å². The van der Waals surface area contributed by atoms with Crippen molar-refractivity contribution in [1.82, 2.24) is 19.9 Å². The zero-order valence-corrected chi connectivity index (χ0v) is 20.9. The maximum Gasteiger partial charge on any atom is 0.410 e. The fraction of sp³-hybridized carbons (Fsp3) is 0.583. The third kappa shape index (κ3) is 4.91. The SMILES string of the molecule is Cc1c(Oc2ccc(S(=O)(=O)C3CC3)nc2)ncnc1OC1CC2CC[C@@H](C1)N2C(=O)OC(C)C. The molecule has 5 rings (SSSR count). The molecule has 188 valence electrons. The minimum Gasteiger partial charge on any atom is -0.474 e. The fourth-order valence-electron chi connectivity index (χ4n) is 4.84. The highest BCUT2D eigenvalue weighted by atomic mass is 32.2. The number of rotatable bonds is 7. The molecule has 1 aliphatic carbocycles. The Balaban J connectivity index is 1.24. The number of aromatic nitrogens is 3. The van der Waals surface area contributed by atoms with Crippen molar-refractivity contribution in [2.75, 3.05) is 0 Å². The molecule has 10 nitrogen and oxygen atoms in total. The number of fused-ring (bicyclic) bond motifs is 2. The molecule has 0 radical (unpaired) electrons. The number of ether oxygens (including phenoxy) is 3. The van der Waals surface area contributed by atoms with Crippen molar-refractivity contribution in [3.05, 3.63) is 30.2 Å². The molecule has 0 spiro atoms. The molecule has 0 N–H and O–H groups in total. The van der Waals surface area contributed by atoms with Gasteiger partial charge in [-0.05, 0) is 58.6 Å². The number of amides is 1. The summed E-state index contributed by atoms with van der Waals surface area (Å²) in [6.07, 6.45) is 6.97. The Labute approximate surface area is 204 Å². The predicted molar refractivity (Wildman–Crippen MR) is 125 cm³/mol. The van der Waals surface area contributed by atoms with E-state index in [-0.39, 0.29) is 40.7 Å². The number of hydrogen-bond acceptors (Lipinski definition) is 9. The van der Waals surface area contributed by atoms with Gasteiger partial charge in [-0.2, -0.15) is 0 Å². The molecule has 3 aliphatic rings. The van der Waals surface area contributed by atoms with Gasteiger partial charge in [0.25, 0.3) is 0 Å². The van der Waals surface area contributed by atoms with Crippen molar-refractivity contribution in [3.8, 4) is 17.5 Å². The minimum absolute atomic E-state index is 0.0639. The molecule has 0 aromatic carbocycles. The van der Waals surface area contributed by atoms with Crippen molar-refractivity contribution in [1.29, 1.82) is 0 Å². The second-order valence-electron chi connectivity index (χ2n) is 9.72. The summed E-state index contributed by atoms with van der Waals surface area (Å²) in [5.74, 6) is 1.12. The van der Waals surface area contributed by atoms with Gasteiger partial charge in [0.15, 0.2) is 14.9 Å². The van der Waals surface area contributed by atoms with E-state index in [0.29, 0.717) is 48.8 Å². The lowest BCUT2D eigenvalue weighted by Gasteiger charge is -2.38. The highest BCUT2D eigenvalue weighted by Crippen LogP contribution is 2.39. The lowest BCUT2D eigenvalue weighted by atomic mass is 10.0. The van der Waals surface area contributed by atoms with E-state index >= 15 is 0 Å². The van der Waals surface area contributed by atoms with Crippen molar-refractivity contribution in [2.45, 2.75) is 93.9 Å². The first kappa shape index (κ1) is 23.8.